The quantitative estimate of drug-likeness (QED) is 0.452. The molecule has 0 saturated carbocycles. The van der Waals surface area contributed by atoms with Crippen molar-refractivity contribution in [2.24, 2.45) is 0 Å². The fraction of sp³-hybridized carbons (Fsp3) is 0.182. The maximum Gasteiger partial charge on any atom is 0.153 e. The van der Waals surface area contributed by atoms with Crippen molar-refractivity contribution in [1.29, 1.82) is 0 Å². The largest absolute Gasteiger partial charge is 0.488 e. The summed E-state index contributed by atoms with van der Waals surface area (Å²) in [4.78, 5) is 10.7. The highest BCUT2D eigenvalue weighted by Gasteiger charge is 2.04. The van der Waals surface area contributed by atoms with Crippen LogP contribution in [-0.2, 0) is 0 Å². The van der Waals surface area contributed by atoms with Crippen molar-refractivity contribution in [2.45, 2.75) is 0 Å². The molecule has 0 aromatic heterocycles. The molecule has 0 bridgehead atoms. The number of rotatable bonds is 5. The zero-order valence-corrected chi connectivity index (χ0v) is 9.52. The van der Waals surface area contributed by atoms with E-state index in [0.717, 1.165) is 5.57 Å². The molecule has 0 aliphatic carbocycles. The molecule has 4 heteroatoms. The van der Waals surface area contributed by atoms with Gasteiger partial charge in [-0.3, -0.25) is 4.79 Å². The lowest BCUT2D eigenvalue weighted by molar-refractivity contribution is 0.112. The zero-order valence-electron chi connectivity index (χ0n) is 8.00. The van der Waals surface area contributed by atoms with Crippen molar-refractivity contribution in [2.75, 3.05) is 12.5 Å². The molecule has 0 N–H and O–H groups in total. The van der Waals surface area contributed by atoms with E-state index >= 15 is 0 Å². The molecule has 1 aromatic rings. The Balaban J connectivity index is 2.76. The van der Waals surface area contributed by atoms with E-state index in [0.29, 0.717) is 35.1 Å². The summed E-state index contributed by atoms with van der Waals surface area (Å²) >= 11 is 11.3. The van der Waals surface area contributed by atoms with Crippen LogP contribution in [0.25, 0.3) is 0 Å². The van der Waals surface area contributed by atoms with Crippen LogP contribution < -0.4 is 4.74 Å². The third-order valence-electron chi connectivity index (χ3n) is 1.72. The third kappa shape index (κ3) is 3.57. The number of carbonyl (C=O) groups is 1. The molecule has 0 atom stereocenters. The van der Waals surface area contributed by atoms with Gasteiger partial charge >= 0.3 is 0 Å². The molecule has 1 rings (SSSR count). The number of halogens is 2. The van der Waals surface area contributed by atoms with Gasteiger partial charge in [0.1, 0.15) is 12.4 Å². The molecule has 0 aliphatic rings. The summed E-state index contributed by atoms with van der Waals surface area (Å²) < 4.78 is 5.36. The molecule has 0 heterocycles. The molecule has 0 amide bonds. The van der Waals surface area contributed by atoms with Gasteiger partial charge in [-0.1, -0.05) is 18.2 Å². The fourth-order valence-corrected chi connectivity index (χ4v) is 1.22. The lowest BCUT2D eigenvalue weighted by Crippen LogP contribution is -2.03. The zero-order chi connectivity index (χ0) is 11.3. The van der Waals surface area contributed by atoms with Crippen LogP contribution in [0.1, 0.15) is 10.4 Å². The molecular formula is C11H10Cl2O2. The SMILES string of the molecule is C=C(CCl)COc1ccc(Cl)cc1C=O. The number of carbonyl (C=O) groups excluding carboxylic acids is 1. The third-order valence-corrected chi connectivity index (χ3v) is 2.33. The number of alkyl halides is 1. The van der Waals surface area contributed by atoms with Crippen LogP contribution in [0.15, 0.2) is 30.4 Å². The summed E-state index contributed by atoms with van der Waals surface area (Å²) in [5, 5.41) is 0.501. The maximum absolute atomic E-state index is 10.7. The molecule has 0 fully saturated rings. The Morgan fingerprint density at radius 2 is 2.27 bits per heavy atom. The Bertz CT molecular complexity index is 375. The Kier molecular flexibility index (Phi) is 4.66. The highest BCUT2D eigenvalue weighted by atomic mass is 35.5. The Morgan fingerprint density at radius 1 is 1.53 bits per heavy atom. The normalized spacial score (nSPS) is 9.73. The topological polar surface area (TPSA) is 26.3 Å². The summed E-state index contributed by atoms with van der Waals surface area (Å²) in [6.07, 6.45) is 0.699. The van der Waals surface area contributed by atoms with Crippen molar-refractivity contribution in [3.8, 4) is 5.75 Å². The Labute approximate surface area is 98.4 Å². The Morgan fingerprint density at radius 3 is 2.87 bits per heavy atom. The highest BCUT2D eigenvalue weighted by molar-refractivity contribution is 6.30. The predicted octanol–water partition coefficient (Wildman–Crippen LogP) is 3.33. The summed E-state index contributed by atoms with van der Waals surface area (Å²) in [5.41, 5.74) is 1.17. The van der Waals surface area contributed by atoms with Gasteiger partial charge < -0.3 is 4.74 Å². The summed E-state index contributed by atoms with van der Waals surface area (Å²) in [5.74, 6) is 0.824. The molecule has 0 aliphatic heterocycles. The van der Waals surface area contributed by atoms with Crippen molar-refractivity contribution in [3.05, 3.63) is 40.9 Å². The van der Waals surface area contributed by atoms with Gasteiger partial charge in [-0.25, -0.2) is 0 Å². The highest BCUT2D eigenvalue weighted by Crippen LogP contribution is 2.21. The van der Waals surface area contributed by atoms with Crippen LogP contribution in [0.5, 0.6) is 5.75 Å². The fourth-order valence-electron chi connectivity index (χ4n) is 0.961. The molecule has 2 nitrogen and oxygen atoms in total. The van der Waals surface area contributed by atoms with Crippen LogP contribution >= 0.6 is 23.2 Å². The minimum Gasteiger partial charge on any atom is -0.488 e. The lowest BCUT2D eigenvalue weighted by Gasteiger charge is -2.08. The van der Waals surface area contributed by atoms with Gasteiger partial charge in [-0.2, -0.15) is 0 Å². The van der Waals surface area contributed by atoms with E-state index in [2.05, 4.69) is 6.58 Å². The molecule has 1 aromatic carbocycles. The molecule has 0 radical (unpaired) electrons. The van der Waals surface area contributed by atoms with E-state index in [1.807, 2.05) is 0 Å². The first-order chi connectivity index (χ1) is 7.17. The monoisotopic (exact) mass is 244 g/mol. The van der Waals surface area contributed by atoms with Gasteiger partial charge in [0.05, 0.1) is 5.56 Å². The van der Waals surface area contributed by atoms with Gasteiger partial charge in [-0.15, -0.1) is 11.6 Å². The average Bonchev–Trinajstić information content (AvgIpc) is 2.26. The second-order valence-electron chi connectivity index (χ2n) is 2.97. The van der Waals surface area contributed by atoms with E-state index in [9.17, 15) is 4.79 Å². The predicted molar refractivity (Wildman–Crippen MR) is 62.2 cm³/mol. The van der Waals surface area contributed by atoms with Crippen molar-refractivity contribution in [3.63, 3.8) is 0 Å². The molecule has 80 valence electrons. The minimum atomic E-state index is 0.298. The minimum absolute atomic E-state index is 0.298. The summed E-state index contributed by atoms with van der Waals surface area (Å²) in [6.45, 7) is 3.99. The van der Waals surface area contributed by atoms with Gasteiger partial charge in [0.15, 0.2) is 6.29 Å². The lowest BCUT2D eigenvalue weighted by atomic mass is 10.2. The molecule has 0 spiro atoms. The van der Waals surface area contributed by atoms with E-state index in [4.69, 9.17) is 27.9 Å². The Hall–Kier alpha value is -0.990. The average molecular weight is 245 g/mol. The van der Waals surface area contributed by atoms with Crippen LogP contribution in [0, 0.1) is 0 Å². The molecule has 15 heavy (non-hydrogen) atoms. The van der Waals surface area contributed by atoms with Crippen LogP contribution in [0.3, 0.4) is 0 Å². The van der Waals surface area contributed by atoms with Gasteiger partial charge in [0.25, 0.3) is 0 Å². The standard InChI is InChI=1S/C11H10Cl2O2/c1-8(5-12)7-15-11-3-2-10(13)4-9(11)6-14/h2-4,6H,1,5,7H2. The molecular weight excluding hydrogens is 235 g/mol. The van der Waals surface area contributed by atoms with Crippen LogP contribution in [0.2, 0.25) is 5.02 Å². The second kappa shape index (κ2) is 5.79. The first kappa shape index (κ1) is 12.1. The number of ether oxygens (including phenoxy) is 1. The van der Waals surface area contributed by atoms with E-state index in [-0.39, 0.29) is 0 Å². The first-order valence-electron chi connectivity index (χ1n) is 4.27. The van der Waals surface area contributed by atoms with Crippen molar-refractivity contribution in [1.82, 2.24) is 0 Å². The molecule has 0 saturated heterocycles. The van der Waals surface area contributed by atoms with Crippen molar-refractivity contribution >= 4 is 29.5 Å². The van der Waals surface area contributed by atoms with E-state index in [1.54, 1.807) is 18.2 Å². The number of aldehydes is 1. The van der Waals surface area contributed by atoms with Crippen LogP contribution in [0.4, 0.5) is 0 Å². The summed E-state index contributed by atoms with van der Waals surface area (Å²) in [7, 11) is 0. The van der Waals surface area contributed by atoms with E-state index < -0.39 is 0 Å². The van der Waals surface area contributed by atoms with Gasteiger partial charge in [-0.05, 0) is 23.8 Å². The number of benzene rings is 1. The molecule has 0 unspecified atom stereocenters. The van der Waals surface area contributed by atoms with E-state index in [1.165, 1.54) is 0 Å². The van der Waals surface area contributed by atoms with Crippen molar-refractivity contribution < 1.29 is 9.53 Å². The maximum atomic E-state index is 10.7. The van der Waals surface area contributed by atoms with Crippen LogP contribution in [-0.4, -0.2) is 18.8 Å². The number of hydrogen-bond donors (Lipinski definition) is 0. The summed E-state index contributed by atoms with van der Waals surface area (Å²) in [6, 6.07) is 4.86. The second-order valence-corrected chi connectivity index (χ2v) is 3.68. The smallest absolute Gasteiger partial charge is 0.153 e. The van der Waals surface area contributed by atoms with Gasteiger partial charge in [0.2, 0.25) is 0 Å². The van der Waals surface area contributed by atoms with Gasteiger partial charge in [0, 0.05) is 10.9 Å². The first-order valence-corrected chi connectivity index (χ1v) is 5.18. The number of hydrogen-bond acceptors (Lipinski definition) is 2.